The van der Waals surface area contributed by atoms with Gasteiger partial charge in [-0.05, 0) is 39.4 Å². The van der Waals surface area contributed by atoms with E-state index in [9.17, 15) is 14.7 Å². The van der Waals surface area contributed by atoms with Gasteiger partial charge in [0.1, 0.15) is 0 Å². The number of hydrogen-bond acceptors (Lipinski definition) is 7. The molecule has 0 bridgehead atoms. The number of nitrogens with one attached hydrogen (secondary N) is 1. The number of nitrogens with zero attached hydrogens (tertiary/aromatic N) is 2. The third kappa shape index (κ3) is 9.44. The summed E-state index contributed by atoms with van der Waals surface area (Å²) in [7, 11) is 0. The number of hydrogen-bond donors (Lipinski definition) is 3. The smallest absolute Gasteiger partial charge is 0.303 e. The fraction of sp³-hybridized carbons (Fsp3) is 0.366. The van der Waals surface area contributed by atoms with Crippen molar-refractivity contribution >= 4 is 11.9 Å². The van der Waals surface area contributed by atoms with Crippen LogP contribution in [0.1, 0.15) is 60.0 Å². The van der Waals surface area contributed by atoms with Crippen molar-refractivity contribution in [2.75, 3.05) is 32.7 Å². The Kier molecular flexibility index (Phi) is 12.1. The maximum absolute atomic E-state index is 12.0. The molecule has 1 amide bonds. The average Bonchev–Trinajstić information content (AvgIpc) is 3.15. The van der Waals surface area contributed by atoms with E-state index in [0.29, 0.717) is 6.54 Å². The predicted octanol–water partition coefficient (Wildman–Crippen LogP) is 5.94. The molecule has 9 nitrogen and oxygen atoms in total. The molecule has 0 aromatic heterocycles. The zero-order chi connectivity index (χ0) is 34.9. The highest BCUT2D eigenvalue weighted by Crippen LogP contribution is 2.42. The molecular formula is C41H47N3O6. The molecule has 50 heavy (non-hydrogen) atoms. The van der Waals surface area contributed by atoms with E-state index in [1.165, 1.54) is 5.56 Å². The maximum Gasteiger partial charge on any atom is 0.303 e. The monoisotopic (exact) mass is 677 g/mol. The Bertz CT molecular complexity index is 1690. The van der Waals surface area contributed by atoms with Gasteiger partial charge in [-0.25, -0.2) is 0 Å². The molecule has 3 N–H and O–H groups in total. The van der Waals surface area contributed by atoms with Gasteiger partial charge in [-0.3, -0.25) is 19.4 Å². The topological polar surface area (TPSA) is 112 Å². The van der Waals surface area contributed by atoms with E-state index < -0.39 is 12.3 Å². The van der Waals surface area contributed by atoms with Gasteiger partial charge >= 0.3 is 5.97 Å². The zero-order valence-electron chi connectivity index (χ0n) is 28.6. The number of ether oxygens (including phenoxy) is 2. The van der Waals surface area contributed by atoms with Gasteiger partial charge in [0.15, 0.2) is 6.29 Å². The van der Waals surface area contributed by atoms with Gasteiger partial charge in [0.05, 0.1) is 25.2 Å². The van der Waals surface area contributed by atoms with Crippen LogP contribution in [0.3, 0.4) is 0 Å². The maximum atomic E-state index is 12.0. The highest BCUT2D eigenvalue weighted by atomic mass is 16.7. The van der Waals surface area contributed by atoms with Crippen LogP contribution < -0.4 is 5.32 Å². The molecule has 0 spiro atoms. The van der Waals surface area contributed by atoms with Gasteiger partial charge in [0.25, 0.3) is 0 Å². The number of carboxylic acid groups (broad SMARTS) is 1. The Hall–Kier alpha value is -4.38. The highest BCUT2D eigenvalue weighted by molar-refractivity contribution is 5.80. The Morgan fingerprint density at radius 2 is 1.42 bits per heavy atom. The van der Waals surface area contributed by atoms with E-state index >= 15 is 0 Å². The van der Waals surface area contributed by atoms with E-state index in [4.69, 9.17) is 14.6 Å². The third-order valence-corrected chi connectivity index (χ3v) is 9.77. The number of carbonyl (C=O) groups excluding carboxylic acids is 1. The first-order valence-corrected chi connectivity index (χ1v) is 17.5. The number of aliphatic hydroxyl groups excluding tert-OH is 1. The van der Waals surface area contributed by atoms with E-state index in [1.54, 1.807) is 0 Å². The molecule has 4 aromatic carbocycles. The number of rotatable bonds is 13. The zero-order valence-corrected chi connectivity index (χ0v) is 28.6. The fourth-order valence-electron chi connectivity index (χ4n) is 6.76. The minimum Gasteiger partial charge on any atom is -0.481 e. The minimum atomic E-state index is -0.986. The molecule has 0 aliphatic carbocycles. The molecule has 2 heterocycles. The molecule has 2 saturated heterocycles. The molecule has 4 aromatic rings. The van der Waals surface area contributed by atoms with Gasteiger partial charge in [-0.1, -0.05) is 104 Å². The van der Waals surface area contributed by atoms with Crippen LogP contribution in [0, 0.1) is 5.92 Å². The highest BCUT2D eigenvalue weighted by Gasteiger charge is 2.39. The van der Waals surface area contributed by atoms with Crippen molar-refractivity contribution in [2.45, 2.75) is 58.0 Å². The van der Waals surface area contributed by atoms with Crippen molar-refractivity contribution in [3.05, 3.63) is 131 Å². The summed E-state index contributed by atoms with van der Waals surface area (Å²) in [5, 5.41) is 21.2. The summed E-state index contributed by atoms with van der Waals surface area (Å²) in [6, 6.07) is 34.9. The quantitative estimate of drug-likeness (QED) is 0.160. The Morgan fingerprint density at radius 1 is 0.740 bits per heavy atom. The van der Waals surface area contributed by atoms with Crippen molar-refractivity contribution in [2.24, 2.45) is 5.92 Å². The third-order valence-electron chi connectivity index (χ3n) is 9.77. The van der Waals surface area contributed by atoms with Crippen LogP contribution >= 0.6 is 0 Å². The average molecular weight is 678 g/mol. The first-order valence-electron chi connectivity index (χ1n) is 17.5. The van der Waals surface area contributed by atoms with Crippen LogP contribution in [-0.4, -0.2) is 70.7 Å². The normalized spacial score (nSPS) is 21.5. The minimum absolute atomic E-state index is 0.00263. The summed E-state index contributed by atoms with van der Waals surface area (Å²) in [6.07, 6.45) is -0.983. The second-order valence-corrected chi connectivity index (χ2v) is 13.4. The van der Waals surface area contributed by atoms with Gasteiger partial charge in [0.2, 0.25) is 5.91 Å². The standard InChI is InChI=1S/C41H47N3O6/c1-29-37(27-44-22-20-43(21-23-44)26-30-6-3-2-4-7-30)49-41(50-40(29)34-12-10-31(28-45)11-13-34)35-16-14-33(15-17-35)36-9-5-8-32(24-36)25-42-38(46)18-19-39(47)48/h2-17,24,29,37,40-41,45H,18-23,25-28H2,1H3,(H,42,46)(H,47,48)/t29-,37+,40+,41+/m0/s1. The molecule has 2 fully saturated rings. The lowest BCUT2D eigenvalue weighted by atomic mass is 9.89. The molecular weight excluding hydrogens is 630 g/mol. The van der Waals surface area contributed by atoms with Gasteiger partial charge < -0.3 is 25.0 Å². The van der Waals surface area contributed by atoms with E-state index in [-0.39, 0.29) is 43.5 Å². The molecule has 0 saturated carbocycles. The van der Waals surface area contributed by atoms with E-state index in [0.717, 1.165) is 72.6 Å². The van der Waals surface area contributed by atoms with Gasteiger partial charge in [0, 0.05) is 63.7 Å². The second-order valence-electron chi connectivity index (χ2n) is 13.4. The molecule has 6 rings (SSSR count). The van der Waals surface area contributed by atoms with Crippen molar-refractivity contribution in [3.63, 3.8) is 0 Å². The molecule has 262 valence electrons. The molecule has 2 aliphatic heterocycles. The number of aliphatic carboxylic acids is 1. The van der Waals surface area contributed by atoms with Crippen LogP contribution in [0.4, 0.5) is 0 Å². The summed E-state index contributed by atoms with van der Waals surface area (Å²) >= 11 is 0. The van der Waals surface area contributed by atoms with Crippen molar-refractivity contribution in [1.82, 2.24) is 15.1 Å². The summed E-state index contributed by atoms with van der Waals surface area (Å²) in [4.78, 5) is 27.8. The number of aliphatic hydroxyl groups is 1. The van der Waals surface area contributed by atoms with Crippen molar-refractivity contribution in [3.8, 4) is 11.1 Å². The summed E-state index contributed by atoms with van der Waals surface area (Å²) in [5.41, 5.74) is 7.20. The van der Waals surface area contributed by atoms with E-state index in [2.05, 4.69) is 88.8 Å². The van der Waals surface area contributed by atoms with Crippen LogP contribution in [-0.2, 0) is 38.8 Å². The van der Waals surface area contributed by atoms with Crippen LogP contribution in [0.2, 0.25) is 0 Å². The van der Waals surface area contributed by atoms with Crippen LogP contribution in [0.15, 0.2) is 103 Å². The number of piperazine rings is 1. The first kappa shape index (κ1) is 35.4. The van der Waals surface area contributed by atoms with Gasteiger partial charge in [-0.2, -0.15) is 0 Å². The van der Waals surface area contributed by atoms with Crippen LogP contribution in [0.25, 0.3) is 11.1 Å². The van der Waals surface area contributed by atoms with E-state index in [1.807, 2.05) is 36.4 Å². The van der Waals surface area contributed by atoms with Gasteiger partial charge in [-0.15, -0.1) is 0 Å². The SMILES string of the molecule is C[C@H]1[C@@H](CN2CCN(Cc3ccccc3)CC2)O[C@@H](c2ccc(-c3cccc(CNC(=O)CCC(=O)O)c3)cc2)O[C@H]1c1ccc(CO)cc1. The number of carbonyl (C=O) groups is 2. The Labute approximate surface area is 294 Å². The fourth-order valence-corrected chi connectivity index (χ4v) is 6.76. The number of amides is 1. The Balaban J connectivity index is 1.13. The predicted molar refractivity (Wildman–Crippen MR) is 192 cm³/mol. The molecule has 2 aliphatic rings. The second kappa shape index (κ2) is 17.0. The Morgan fingerprint density at radius 3 is 2.12 bits per heavy atom. The first-order chi connectivity index (χ1) is 24.3. The summed E-state index contributed by atoms with van der Waals surface area (Å²) in [6.45, 7) is 8.34. The lowest BCUT2D eigenvalue weighted by Gasteiger charge is -2.44. The van der Waals surface area contributed by atoms with Crippen LogP contribution in [0.5, 0.6) is 0 Å². The summed E-state index contributed by atoms with van der Waals surface area (Å²) in [5.74, 6) is -1.16. The number of carboxylic acids is 1. The summed E-state index contributed by atoms with van der Waals surface area (Å²) < 4.78 is 13.5. The molecule has 9 heteroatoms. The molecule has 0 radical (unpaired) electrons. The lowest BCUT2D eigenvalue weighted by molar-refractivity contribution is -0.276. The van der Waals surface area contributed by atoms with Crippen molar-refractivity contribution < 1.29 is 29.3 Å². The number of benzene rings is 4. The lowest BCUT2D eigenvalue weighted by Crippen LogP contribution is -2.51. The largest absolute Gasteiger partial charge is 0.481 e. The molecule has 4 atom stereocenters. The van der Waals surface area contributed by atoms with Crippen molar-refractivity contribution in [1.29, 1.82) is 0 Å². The molecule has 0 unspecified atom stereocenters.